The lowest BCUT2D eigenvalue weighted by atomic mass is 9.87. The highest BCUT2D eigenvalue weighted by Gasteiger charge is 2.35. The Labute approximate surface area is 364 Å². The van der Waals surface area contributed by atoms with Crippen LogP contribution in [-0.4, -0.2) is 106 Å². The number of carbonyl (C=O) groups excluding carboxylic acids is 2. The smallest absolute Gasteiger partial charge is 0.462 e. The third-order valence-electron chi connectivity index (χ3n) is 9.64. The average molecular weight is 885 g/mol. The van der Waals surface area contributed by atoms with Crippen LogP contribution in [0.15, 0.2) is 72.9 Å². The molecule has 1 aliphatic rings. The Morgan fingerprint density at radius 1 is 0.754 bits per heavy atom. The zero-order chi connectivity index (χ0) is 45.0. The summed E-state index contributed by atoms with van der Waals surface area (Å²) in [5.74, 6) is -1.50. The molecule has 1 fully saturated rings. The van der Waals surface area contributed by atoms with Gasteiger partial charge >= 0.3 is 19.8 Å². The lowest BCUT2D eigenvalue weighted by Crippen LogP contribution is -2.43. The van der Waals surface area contributed by atoms with Gasteiger partial charge < -0.3 is 44.6 Å². The van der Waals surface area contributed by atoms with Gasteiger partial charge in [0.2, 0.25) is 0 Å². The van der Waals surface area contributed by atoms with E-state index >= 15 is 0 Å². The van der Waals surface area contributed by atoms with Crippen LogP contribution in [0.3, 0.4) is 0 Å². The second-order valence-electron chi connectivity index (χ2n) is 15.2. The topological polar surface area (TPSA) is 219 Å². The summed E-state index contributed by atoms with van der Waals surface area (Å²) in [4.78, 5) is 35.2. The van der Waals surface area contributed by atoms with Gasteiger partial charge in [0.25, 0.3) is 0 Å². The molecule has 15 heteroatoms. The predicted molar refractivity (Wildman–Crippen MR) is 236 cm³/mol. The Morgan fingerprint density at radius 2 is 1.38 bits per heavy atom. The fraction of sp³-hybridized carbons (Fsp3) is 0.696. The standard InChI is InChI=1S/C46H77O14P/c1-3-5-7-8-9-10-11-12-13-14-15-16-17-18-19-20-25-29-44(51)56-36-40(37-58-61(54,55)57-35-39(49)34-47)59-45(52)30-26-22-21-24-28-41-42(50)33-46(53)60-43(41)32-31-38(48)27-23-6-4-2/h5,7,9-10,12-13,15-16,21,24,31-32,38-43,46-50,53H,3-4,6,8,11,14,17-20,22-23,25-30,33-37H2,1-2H3,(H,54,55)/b7-5-,10-9-,13-12-,16-15-,24-21-,32-31+/t38-,39-,40+,41-,42-,43+,46?/m0/s1. The maximum atomic E-state index is 12.7. The van der Waals surface area contributed by atoms with Crippen molar-refractivity contribution in [3.8, 4) is 0 Å². The highest BCUT2D eigenvalue weighted by molar-refractivity contribution is 7.47. The van der Waals surface area contributed by atoms with E-state index in [2.05, 4.69) is 67.0 Å². The van der Waals surface area contributed by atoms with Crippen molar-refractivity contribution in [2.45, 2.75) is 173 Å². The van der Waals surface area contributed by atoms with E-state index in [-0.39, 0.29) is 25.2 Å². The Kier molecular flexibility index (Phi) is 33.9. The summed E-state index contributed by atoms with van der Waals surface area (Å²) in [6, 6.07) is 0. The second kappa shape index (κ2) is 36.7. The van der Waals surface area contributed by atoms with Crippen LogP contribution in [0.4, 0.5) is 0 Å². The van der Waals surface area contributed by atoms with E-state index in [1.54, 1.807) is 12.2 Å². The first-order valence-electron chi connectivity index (χ1n) is 22.3. The van der Waals surface area contributed by atoms with Crippen LogP contribution in [0.25, 0.3) is 0 Å². The number of hydrogen-bond acceptors (Lipinski definition) is 13. The van der Waals surface area contributed by atoms with Crippen molar-refractivity contribution in [2.75, 3.05) is 26.4 Å². The van der Waals surface area contributed by atoms with Crippen molar-refractivity contribution in [1.82, 2.24) is 0 Å². The van der Waals surface area contributed by atoms with Crippen LogP contribution in [0.5, 0.6) is 0 Å². The number of esters is 2. The van der Waals surface area contributed by atoms with Gasteiger partial charge in [-0.15, -0.1) is 0 Å². The van der Waals surface area contributed by atoms with Gasteiger partial charge in [-0.1, -0.05) is 119 Å². The maximum Gasteiger partial charge on any atom is 0.472 e. The maximum absolute atomic E-state index is 12.7. The third kappa shape index (κ3) is 31.7. The Balaban J connectivity index is 2.52. The second-order valence-corrected chi connectivity index (χ2v) is 16.7. The van der Waals surface area contributed by atoms with Crippen LogP contribution in [0.2, 0.25) is 0 Å². The summed E-state index contributed by atoms with van der Waals surface area (Å²) in [6.45, 7) is 1.80. The first-order chi connectivity index (χ1) is 29.4. The van der Waals surface area contributed by atoms with E-state index in [1.165, 1.54) is 0 Å². The number of phosphoric ester groups is 1. The summed E-state index contributed by atoms with van der Waals surface area (Å²) < 4.78 is 38.3. The predicted octanol–water partition coefficient (Wildman–Crippen LogP) is 7.77. The molecule has 350 valence electrons. The summed E-state index contributed by atoms with van der Waals surface area (Å²) in [7, 11) is -4.71. The van der Waals surface area contributed by atoms with Crippen molar-refractivity contribution >= 4 is 19.8 Å². The lowest BCUT2D eigenvalue weighted by molar-refractivity contribution is -0.199. The van der Waals surface area contributed by atoms with Crippen molar-refractivity contribution in [1.29, 1.82) is 0 Å². The fourth-order valence-electron chi connectivity index (χ4n) is 6.14. The van der Waals surface area contributed by atoms with Crippen molar-refractivity contribution < 1.29 is 67.8 Å². The molecule has 1 aliphatic heterocycles. The Morgan fingerprint density at radius 3 is 2.07 bits per heavy atom. The summed E-state index contributed by atoms with van der Waals surface area (Å²) in [5.41, 5.74) is 0. The molecule has 0 bridgehead atoms. The molecule has 0 aromatic carbocycles. The zero-order valence-electron chi connectivity index (χ0n) is 36.6. The monoisotopic (exact) mass is 885 g/mol. The molecule has 0 aromatic rings. The van der Waals surface area contributed by atoms with Crippen LogP contribution in [0, 0.1) is 5.92 Å². The molecule has 61 heavy (non-hydrogen) atoms. The molecule has 1 heterocycles. The van der Waals surface area contributed by atoms with Crippen molar-refractivity contribution in [2.24, 2.45) is 5.92 Å². The molecule has 1 saturated heterocycles. The highest BCUT2D eigenvalue weighted by Crippen LogP contribution is 2.43. The number of ether oxygens (including phenoxy) is 3. The molecule has 0 radical (unpaired) electrons. The van der Waals surface area contributed by atoms with Gasteiger partial charge in [0.1, 0.15) is 12.7 Å². The first kappa shape index (κ1) is 56.3. The van der Waals surface area contributed by atoms with Gasteiger partial charge in [-0.25, -0.2) is 4.57 Å². The molecule has 0 aliphatic carbocycles. The molecule has 8 atom stereocenters. The third-order valence-corrected chi connectivity index (χ3v) is 10.6. The van der Waals surface area contributed by atoms with E-state index < -0.39 is 83.0 Å². The summed E-state index contributed by atoms with van der Waals surface area (Å²) in [5, 5.41) is 49.4. The quantitative estimate of drug-likeness (QED) is 0.0153. The van der Waals surface area contributed by atoms with Crippen LogP contribution >= 0.6 is 7.82 Å². The molecular formula is C46H77O14P. The van der Waals surface area contributed by atoms with E-state index in [0.717, 1.165) is 70.6 Å². The van der Waals surface area contributed by atoms with E-state index in [4.69, 9.17) is 23.8 Å². The minimum absolute atomic E-state index is 0.0195. The normalized spacial score (nSPS) is 21.3. The van der Waals surface area contributed by atoms with Gasteiger partial charge in [0, 0.05) is 25.2 Å². The minimum Gasteiger partial charge on any atom is -0.462 e. The lowest BCUT2D eigenvalue weighted by Gasteiger charge is -2.36. The fourth-order valence-corrected chi connectivity index (χ4v) is 6.93. The van der Waals surface area contributed by atoms with E-state index in [0.29, 0.717) is 32.1 Å². The number of allylic oxidation sites excluding steroid dienone is 10. The van der Waals surface area contributed by atoms with E-state index in [9.17, 15) is 39.5 Å². The molecule has 0 saturated carbocycles. The number of unbranched alkanes of at least 4 members (excludes halogenated alkanes) is 7. The van der Waals surface area contributed by atoms with Gasteiger partial charge in [0.05, 0.1) is 38.1 Å². The summed E-state index contributed by atoms with van der Waals surface area (Å²) in [6.07, 6.45) is 31.9. The molecule has 0 amide bonds. The number of phosphoric acid groups is 1. The molecule has 1 rings (SSSR count). The molecule has 0 spiro atoms. The van der Waals surface area contributed by atoms with Gasteiger partial charge in [0.15, 0.2) is 12.4 Å². The van der Waals surface area contributed by atoms with Crippen LogP contribution in [0.1, 0.15) is 136 Å². The van der Waals surface area contributed by atoms with Gasteiger partial charge in [-0.05, 0) is 70.6 Å². The average Bonchev–Trinajstić information content (AvgIpc) is 3.23. The summed E-state index contributed by atoms with van der Waals surface area (Å²) >= 11 is 0. The zero-order valence-corrected chi connectivity index (χ0v) is 37.5. The number of hydrogen-bond donors (Lipinski definition) is 6. The number of carbonyl (C=O) groups is 2. The highest BCUT2D eigenvalue weighted by atomic mass is 31.2. The number of rotatable bonds is 36. The Hall–Kier alpha value is -2.75. The van der Waals surface area contributed by atoms with Crippen LogP contribution < -0.4 is 0 Å². The molecule has 2 unspecified atom stereocenters. The molecule has 14 nitrogen and oxygen atoms in total. The molecule has 6 N–H and O–H groups in total. The number of aliphatic hydroxyl groups excluding tert-OH is 5. The van der Waals surface area contributed by atoms with Crippen molar-refractivity contribution in [3.05, 3.63) is 72.9 Å². The largest absolute Gasteiger partial charge is 0.472 e. The Bertz CT molecular complexity index is 1360. The SMILES string of the molecule is CC/C=C\C/C=C\C/C=C\C/C=C\CCCCCCC(=O)OC[C@H](COP(=O)(O)OC[C@@H](O)CO)OC(=O)CCC/C=C\C[C@H]1[C@@H](O)CC(O)O[C@@H]1/C=C/[C@@H](O)CCCCC. The van der Waals surface area contributed by atoms with E-state index in [1.807, 2.05) is 12.2 Å². The minimum atomic E-state index is -4.71. The molecular weight excluding hydrogens is 807 g/mol. The first-order valence-corrected chi connectivity index (χ1v) is 23.8. The number of aliphatic hydroxyl groups is 5. The molecule has 0 aromatic heterocycles. The van der Waals surface area contributed by atoms with Gasteiger partial charge in [-0.3, -0.25) is 18.6 Å². The van der Waals surface area contributed by atoms with Gasteiger partial charge in [-0.2, -0.15) is 0 Å². The van der Waals surface area contributed by atoms with Crippen LogP contribution in [-0.2, 0) is 37.4 Å². The van der Waals surface area contributed by atoms with Crippen molar-refractivity contribution in [3.63, 3.8) is 0 Å².